The minimum atomic E-state index is -0.278. The Morgan fingerprint density at radius 2 is 2.10 bits per heavy atom. The van der Waals surface area contributed by atoms with Crippen LogP contribution in [0.5, 0.6) is 5.75 Å². The van der Waals surface area contributed by atoms with Crippen molar-refractivity contribution in [3.8, 4) is 11.8 Å². The number of amides is 1. The SMILES string of the molecule is Cc1cc(Br)cc(NC(=O)COc2ccccc2C#N)c1. The lowest BCUT2D eigenvalue weighted by Gasteiger charge is -2.09. The Kier molecular flexibility index (Phi) is 4.96. The van der Waals surface area contributed by atoms with Crippen LogP contribution in [0.3, 0.4) is 0 Å². The number of hydrogen-bond donors (Lipinski definition) is 1. The first kappa shape index (κ1) is 15.1. The smallest absolute Gasteiger partial charge is 0.262 e. The molecule has 5 heteroatoms. The van der Waals surface area contributed by atoms with E-state index < -0.39 is 0 Å². The van der Waals surface area contributed by atoms with Gasteiger partial charge in [-0.25, -0.2) is 0 Å². The van der Waals surface area contributed by atoms with Crippen molar-refractivity contribution in [3.63, 3.8) is 0 Å². The van der Waals surface area contributed by atoms with Crippen molar-refractivity contribution in [1.82, 2.24) is 0 Å². The molecule has 4 nitrogen and oxygen atoms in total. The van der Waals surface area contributed by atoms with Gasteiger partial charge in [-0.3, -0.25) is 4.79 Å². The zero-order valence-corrected chi connectivity index (χ0v) is 13.0. The number of rotatable bonds is 4. The molecule has 0 saturated heterocycles. The number of nitrogens with one attached hydrogen (secondary N) is 1. The first-order valence-electron chi connectivity index (χ1n) is 6.27. The summed E-state index contributed by atoms with van der Waals surface area (Å²) in [6.07, 6.45) is 0. The van der Waals surface area contributed by atoms with Crippen LogP contribution in [-0.4, -0.2) is 12.5 Å². The van der Waals surface area contributed by atoms with E-state index in [1.807, 2.05) is 31.2 Å². The third kappa shape index (κ3) is 4.33. The lowest BCUT2D eigenvalue weighted by Crippen LogP contribution is -2.20. The Morgan fingerprint density at radius 3 is 2.81 bits per heavy atom. The number of nitriles is 1. The lowest BCUT2D eigenvalue weighted by molar-refractivity contribution is -0.118. The number of ether oxygens (including phenoxy) is 1. The summed E-state index contributed by atoms with van der Waals surface area (Å²) >= 11 is 3.38. The average Bonchev–Trinajstić information content (AvgIpc) is 2.44. The summed E-state index contributed by atoms with van der Waals surface area (Å²) in [4.78, 5) is 11.9. The fourth-order valence-corrected chi connectivity index (χ4v) is 2.44. The molecule has 0 spiro atoms. The molecule has 1 amide bonds. The van der Waals surface area contributed by atoms with Crippen molar-refractivity contribution in [3.05, 3.63) is 58.1 Å². The molecular formula is C16H13BrN2O2. The Bertz CT molecular complexity index is 687. The molecule has 106 valence electrons. The number of benzene rings is 2. The zero-order chi connectivity index (χ0) is 15.2. The van der Waals surface area contributed by atoms with Crippen LogP contribution in [0.4, 0.5) is 5.69 Å². The average molecular weight is 345 g/mol. The monoisotopic (exact) mass is 344 g/mol. The molecular weight excluding hydrogens is 332 g/mol. The highest BCUT2D eigenvalue weighted by atomic mass is 79.9. The summed E-state index contributed by atoms with van der Waals surface area (Å²) in [7, 11) is 0. The van der Waals surface area contributed by atoms with Crippen LogP contribution < -0.4 is 10.1 Å². The molecule has 1 N–H and O–H groups in total. The van der Waals surface area contributed by atoms with Gasteiger partial charge in [0.1, 0.15) is 11.8 Å². The highest BCUT2D eigenvalue weighted by Crippen LogP contribution is 2.19. The molecule has 0 aliphatic heterocycles. The van der Waals surface area contributed by atoms with Gasteiger partial charge in [0.25, 0.3) is 5.91 Å². The predicted octanol–water partition coefficient (Wildman–Crippen LogP) is 3.65. The maximum atomic E-state index is 11.9. The molecule has 2 aromatic carbocycles. The molecule has 0 radical (unpaired) electrons. The molecule has 2 aromatic rings. The molecule has 0 fully saturated rings. The van der Waals surface area contributed by atoms with Crippen molar-refractivity contribution in [1.29, 1.82) is 5.26 Å². The van der Waals surface area contributed by atoms with Gasteiger partial charge in [0, 0.05) is 10.2 Å². The van der Waals surface area contributed by atoms with Gasteiger partial charge >= 0.3 is 0 Å². The number of nitrogens with zero attached hydrogens (tertiary/aromatic N) is 1. The molecule has 0 aromatic heterocycles. The van der Waals surface area contributed by atoms with Crippen LogP contribution in [-0.2, 0) is 4.79 Å². The standard InChI is InChI=1S/C16H13BrN2O2/c1-11-6-13(17)8-14(7-11)19-16(20)10-21-15-5-3-2-4-12(15)9-18/h2-8H,10H2,1H3,(H,19,20). The van der Waals surface area contributed by atoms with Crippen LogP contribution in [0, 0.1) is 18.3 Å². The van der Waals surface area contributed by atoms with Crippen LogP contribution in [0.2, 0.25) is 0 Å². The fraction of sp³-hybridized carbons (Fsp3) is 0.125. The summed E-state index contributed by atoms with van der Waals surface area (Å²) < 4.78 is 6.27. The maximum Gasteiger partial charge on any atom is 0.262 e. The van der Waals surface area contributed by atoms with Crippen LogP contribution in [0.15, 0.2) is 46.9 Å². The van der Waals surface area contributed by atoms with Crippen molar-refractivity contribution in [2.45, 2.75) is 6.92 Å². The number of hydrogen-bond acceptors (Lipinski definition) is 3. The van der Waals surface area contributed by atoms with Gasteiger partial charge in [-0.15, -0.1) is 0 Å². The summed E-state index contributed by atoms with van der Waals surface area (Å²) in [6, 6.07) is 14.5. The maximum absolute atomic E-state index is 11.9. The fourth-order valence-electron chi connectivity index (χ4n) is 1.83. The van der Waals surface area contributed by atoms with Crippen molar-refractivity contribution >= 4 is 27.5 Å². The van der Waals surface area contributed by atoms with Gasteiger partial charge in [-0.1, -0.05) is 28.1 Å². The van der Waals surface area contributed by atoms with E-state index in [9.17, 15) is 4.79 Å². The number of para-hydroxylation sites is 1. The van der Waals surface area contributed by atoms with E-state index in [0.717, 1.165) is 10.0 Å². The normalized spacial score (nSPS) is 9.76. The summed E-state index contributed by atoms with van der Waals surface area (Å²) in [6.45, 7) is 1.80. The number of halogens is 1. The number of carbonyl (C=O) groups excluding carboxylic acids is 1. The Morgan fingerprint density at radius 1 is 1.33 bits per heavy atom. The van der Waals surface area contributed by atoms with Crippen molar-refractivity contribution in [2.75, 3.05) is 11.9 Å². The largest absolute Gasteiger partial charge is 0.482 e. The van der Waals surface area contributed by atoms with E-state index in [1.54, 1.807) is 24.3 Å². The van der Waals surface area contributed by atoms with Crippen LogP contribution in [0.25, 0.3) is 0 Å². The first-order valence-corrected chi connectivity index (χ1v) is 7.07. The third-order valence-electron chi connectivity index (χ3n) is 2.69. The summed E-state index contributed by atoms with van der Waals surface area (Å²) in [5.41, 5.74) is 2.14. The van der Waals surface area contributed by atoms with E-state index in [4.69, 9.17) is 10.00 Å². The quantitative estimate of drug-likeness (QED) is 0.920. The van der Waals surface area contributed by atoms with Crippen LogP contribution in [0.1, 0.15) is 11.1 Å². The van der Waals surface area contributed by atoms with Gasteiger partial charge in [-0.2, -0.15) is 5.26 Å². The second-order valence-corrected chi connectivity index (χ2v) is 5.38. The van der Waals surface area contributed by atoms with E-state index in [-0.39, 0.29) is 12.5 Å². The number of aryl methyl sites for hydroxylation is 1. The Labute approximate surface area is 131 Å². The van der Waals surface area contributed by atoms with Gasteiger partial charge in [0.15, 0.2) is 6.61 Å². The molecule has 0 bridgehead atoms. The van der Waals surface area contributed by atoms with E-state index >= 15 is 0 Å². The minimum Gasteiger partial charge on any atom is -0.482 e. The number of anilines is 1. The minimum absolute atomic E-state index is 0.149. The number of carbonyl (C=O) groups is 1. The van der Waals surface area contributed by atoms with Gasteiger partial charge in [-0.05, 0) is 42.8 Å². The second-order valence-electron chi connectivity index (χ2n) is 4.46. The van der Waals surface area contributed by atoms with E-state index in [1.165, 1.54) is 0 Å². The molecule has 0 atom stereocenters. The molecule has 0 saturated carbocycles. The molecule has 21 heavy (non-hydrogen) atoms. The van der Waals surface area contributed by atoms with Gasteiger partial charge in [0.05, 0.1) is 5.56 Å². The first-order chi connectivity index (χ1) is 10.1. The third-order valence-corrected chi connectivity index (χ3v) is 3.15. The summed E-state index contributed by atoms with van der Waals surface area (Å²) in [5.74, 6) is 0.126. The molecule has 0 aliphatic carbocycles. The van der Waals surface area contributed by atoms with Gasteiger partial charge < -0.3 is 10.1 Å². The topological polar surface area (TPSA) is 62.1 Å². The molecule has 0 unspecified atom stereocenters. The highest BCUT2D eigenvalue weighted by Gasteiger charge is 2.07. The Hall–Kier alpha value is -2.32. The van der Waals surface area contributed by atoms with Gasteiger partial charge in [0.2, 0.25) is 0 Å². The van der Waals surface area contributed by atoms with Crippen molar-refractivity contribution in [2.24, 2.45) is 0 Å². The molecule has 0 aliphatic rings. The molecule has 2 rings (SSSR count). The summed E-state index contributed by atoms with van der Waals surface area (Å²) in [5, 5.41) is 11.7. The lowest BCUT2D eigenvalue weighted by atomic mass is 10.2. The zero-order valence-electron chi connectivity index (χ0n) is 11.4. The predicted molar refractivity (Wildman–Crippen MR) is 84.2 cm³/mol. The van der Waals surface area contributed by atoms with Crippen LogP contribution >= 0.6 is 15.9 Å². The second kappa shape index (κ2) is 6.91. The van der Waals surface area contributed by atoms with Crippen molar-refractivity contribution < 1.29 is 9.53 Å². The van der Waals surface area contributed by atoms with E-state index in [0.29, 0.717) is 17.0 Å². The molecule has 0 heterocycles. The highest BCUT2D eigenvalue weighted by molar-refractivity contribution is 9.10. The Balaban J connectivity index is 1.98. The van der Waals surface area contributed by atoms with E-state index in [2.05, 4.69) is 21.2 Å².